The van der Waals surface area contributed by atoms with Crippen molar-refractivity contribution in [2.45, 2.75) is 66.2 Å². The lowest BCUT2D eigenvalue weighted by atomic mass is 9.77. The van der Waals surface area contributed by atoms with Crippen molar-refractivity contribution in [2.75, 3.05) is 0 Å². The minimum Gasteiger partial charge on any atom is -0.370 e. The lowest BCUT2D eigenvalue weighted by Gasteiger charge is -2.39. The first-order valence-electron chi connectivity index (χ1n) is 6.83. The number of ether oxygens (including phenoxy) is 2. The van der Waals surface area contributed by atoms with E-state index < -0.39 is 0 Å². The van der Waals surface area contributed by atoms with E-state index >= 15 is 0 Å². The Morgan fingerprint density at radius 1 is 0.706 bits per heavy atom. The summed E-state index contributed by atoms with van der Waals surface area (Å²) in [5.74, 6) is 1.43. The maximum Gasteiger partial charge on any atom is 0.0863 e. The first kappa shape index (κ1) is 11.7. The van der Waals surface area contributed by atoms with Crippen molar-refractivity contribution >= 4 is 31.9 Å². The van der Waals surface area contributed by atoms with Crippen LogP contribution in [0.2, 0.25) is 0 Å². The Hall–Kier alpha value is 0.880. The van der Waals surface area contributed by atoms with Gasteiger partial charge in [0, 0.05) is 0 Å². The minimum atomic E-state index is 0.119. The van der Waals surface area contributed by atoms with Crippen molar-refractivity contribution in [1.82, 2.24) is 0 Å². The van der Waals surface area contributed by atoms with E-state index in [1.165, 1.54) is 38.5 Å². The normalized spacial score (nSPS) is 52.6. The van der Waals surface area contributed by atoms with Gasteiger partial charge in [0.05, 0.1) is 27.6 Å². The van der Waals surface area contributed by atoms with Crippen molar-refractivity contribution in [3.8, 4) is 0 Å². The molecule has 4 rings (SSSR count). The van der Waals surface area contributed by atoms with Crippen molar-refractivity contribution < 1.29 is 9.47 Å². The smallest absolute Gasteiger partial charge is 0.0863 e. The fourth-order valence-electron chi connectivity index (χ4n) is 3.84. The summed E-state index contributed by atoms with van der Waals surface area (Å²) in [5, 5.41) is 0. The number of epoxide rings is 2. The van der Waals surface area contributed by atoms with Crippen molar-refractivity contribution in [1.29, 1.82) is 0 Å². The lowest BCUT2D eigenvalue weighted by molar-refractivity contribution is 0.264. The monoisotopic (exact) mass is 364 g/mol. The van der Waals surface area contributed by atoms with E-state index in [2.05, 4.69) is 31.9 Å². The highest BCUT2D eigenvalue weighted by Gasteiger charge is 2.54. The zero-order valence-electron chi connectivity index (χ0n) is 9.78. The van der Waals surface area contributed by atoms with Crippen LogP contribution in [0.3, 0.4) is 0 Å². The third-order valence-electron chi connectivity index (χ3n) is 5.10. The second-order valence-electron chi connectivity index (χ2n) is 6.12. The molecule has 0 N–H and O–H groups in total. The zero-order valence-corrected chi connectivity index (χ0v) is 13.0. The molecule has 2 saturated carbocycles. The van der Waals surface area contributed by atoms with Crippen LogP contribution in [0.1, 0.15) is 38.5 Å². The standard InChI is InChI=1S/C13H18Br2O2/c14-13(15,7-1-3-9-11(5-7)16-9)8-2-4-10-12(6-8)17-10/h7-12H,1-6H2. The van der Waals surface area contributed by atoms with Crippen LogP contribution in [0.4, 0.5) is 0 Å². The molecule has 0 bridgehead atoms. The molecule has 0 aromatic heterocycles. The van der Waals surface area contributed by atoms with E-state index in [-0.39, 0.29) is 3.23 Å². The Kier molecular flexibility index (Phi) is 2.71. The van der Waals surface area contributed by atoms with Crippen LogP contribution in [0.5, 0.6) is 0 Å². The maximum atomic E-state index is 5.65. The maximum absolute atomic E-state index is 5.65. The van der Waals surface area contributed by atoms with Crippen LogP contribution in [-0.2, 0) is 9.47 Å². The molecule has 2 saturated heterocycles. The van der Waals surface area contributed by atoms with Gasteiger partial charge in [-0.15, -0.1) is 0 Å². The van der Waals surface area contributed by atoms with Gasteiger partial charge in [0.25, 0.3) is 0 Å². The molecule has 4 heteroatoms. The number of hydrogen-bond acceptors (Lipinski definition) is 2. The van der Waals surface area contributed by atoms with E-state index in [9.17, 15) is 0 Å². The molecule has 4 aliphatic rings. The molecule has 6 atom stereocenters. The molecule has 2 aliphatic carbocycles. The Balaban J connectivity index is 1.45. The van der Waals surface area contributed by atoms with Gasteiger partial charge in [-0.1, -0.05) is 31.9 Å². The SMILES string of the molecule is BrC(Br)(C1CCC2OC2C1)C1CCC2OC2C1. The molecule has 2 aliphatic heterocycles. The van der Waals surface area contributed by atoms with Gasteiger partial charge in [-0.3, -0.25) is 0 Å². The van der Waals surface area contributed by atoms with Gasteiger partial charge >= 0.3 is 0 Å². The number of halogens is 2. The highest BCUT2D eigenvalue weighted by molar-refractivity contribution is 9.25. The first-order valence-corrected chi connectivity index (χ1v) is 8.42. The molecule has 0 aromatic rings. The van der Waals surface area contributed by atoms with E-state index in [4.69, 9.17) is 9.47 Å². The molecule has 0 spiro atoms. The summed E-state index contributed by atoms with van der Waals surface area (Å²) in [4.78, 5) is 0. The van der Waals surface area contributed by atoms with Gasteiger partial charge in [-0.2, -0.15) is 0 Å². The average Bonchev–Trinajstić information content (AvgIpc) is 3.21. The van der Waals surface area contributed by atoms with Crippen LogP contribution in [0.15, 0.2) is 0 Å². The summed E-state index contributed by atoms with van der Waals surface area (Å²) in [7, 11) is 0. The highest BCUT2D eigenvalue weighted by Crippen LogP contribution is 2.56. The number of rotatable bonds is 2. The Bertz CT molecular complexity index is 303. The summed E-state index contributed by atoms with van der Waals surface area (Å²) in [6, 6.07) is 0. The van der Waals surface area contributed by atoms with E-state index in [0.717, 1.165) is 0 Å². The fraction of sp³-hybridized carbons (Fsp3) is 1.00. The second kappa shape index (κ2) is 3.94. The van der Waals surface area contributed by atoms with Crippen LogP contribution in [0.25, 0.3) is 0 Å². The second-order valence-corrected chi connectivity index (χ2v) is 9.81. The quantitative estimate of drug-likeness (QED) is 0.551. The summed E-state index contributed by atoms with van der Waals surface area (Å²) in [6.45, 7) is 0. The molecule has 2 nitrogen and oxygen atoms in total. The lowest BCUT2D eigenvalue weighted by Crippen LogP contribution is -2.38. The van der Waals surface area contributed by atoms with Crippen LogP contribution in [-0.4, -0.2) is 27.6 Å². The van der Waals surface area contributed by atoms with Crippen LogP contribution < -0.4 is 0 Å². The Morgan fingerprint density at radius 3 is 1.59 bits per heavy atom. The van der Waals surface area contributed by atoms with Crippen molar-refractivity contribution in [2.24, 2.45) is 11.8 Å². The van der Waals surface area contributed by atoms with Gasteiger partial charge in [0.15, 0.2) is 0 Å². The predicted octanol–water partition coefficient (Wildman–Crippen LogP) is 3.61. The molecular weight excluding hydrogens is 348 g/mol. The third kappa shape index (κ3) is 2.03. The molecule has 0 radical (unpaired) electrons. The Morgan fingerprint density at radius 2 is 1.18 bits per heavy atom. The van der Waals surface area contributed by atoms with E-state index in [0.29, 0.717) is 36.3 Å². The largest absolute Gasteiger partial charge is 0.370 e. The zero-order chi connectivity index (χ0) is 11.6. The predicted molar refractivity (Wildman–Crippen MR) is 72.6 cm³/mol. The minimum absolute atomic E-state index is 0.119. The molecule has 96 valence electrons. The van der Waals surface area contributed by atoms with Gasteiger partial charge < -0.3 is 9.47 Å². The van der Waals surface area contributed by atoms with Crippen molar-refractivity contribution in [3.63, 3.8) is 0 Å². The Labute approximate surface area is 119 Å². The molecule has 0 aromatic carbocycles. The molecule has 0 amide bonds. The molecular formula is C13H18Br2O2. The topological polar surface area (TPSA) is 25.1 Å². The summed E-state index contributed by atoms with van der Waals surface area (Å²) in [5.41, 5.74) is 0. The number of hydrogen-bond donors (Lipinski definition) is 0. The first-order chi connectivity index (χ1) is 8.14. The van der Waals surface area contributed by atoms with Gasteiger partial charge in [-0.25, -0.2) is 0 Å². The fourth-order valence-corrected chi connectivity index (χ4v) is 5.50. The molecule has 4 fully saturated rings. The van der Waals surface area contributed by atoms with E-state index in [1.807, 2.05) is 0 Å². The van der Waals surface area contributed by atoms with Crippen LogP contribution >= 0.6 is 31.9 Å². The molecule has 17 heavy (non-hydrogen) atoms. The highest BCUT2D eigenvalue weighted by atomic mass is 79.9. The summed E-state index contributed by atoms with van der Waals surface area (Å²) in [6.07, 6.45) is 9.89. The van der Waals surface area contributed by atoms with Gasteiger partial charge in [0.2, 0.25) is 0 Å². The average molecular weight is 366 g/mol. The van der Waals surface area contributed by atoms with Gasteiger partial charge in [-0.05, 0) is 50.4 Å². The number of fused-ring (bicyclic) bond motifs is 2. The summed E-state index contributed by atoms with van der Waals surface area (Å²) < 4.78 is 11.4. The third-order valence-corrected chi connectivity index (χ3v) is 7.69. The summed E-state index contributed by atoms with van der Waals surface area (Å²) >= 11 is 8.01. The van der Waals surface area contributed by atoms with Crippen LogP contribution in [0, 0.1) is 11.8 Å². The van der Waals surface area contributed by atoms with Gasteiger partial charge in [0.1, 0.15) is 0 Å². The molecule has 2 heterocycles. The van der Waals surface area contributed by atoms with E-state index in [1.54, 1.807) is 0 Å². The molecule has 6 unspecified atom stereocenters. The number of alkyl halides is 2. The van der Waals surface area contributed by atoms with Crippen molar-refractivity contribution in [3.05, 3.63) is 0 Å².